The topological polar surface area (TPSA) is 79.3 Å². The van der Waals surface area contributed by atoms with Crippen LogP contribution in [-0.4, -0.2) is 32.3 Å². The average molecular weight is 228 g/mol. The summed E-state index contributed by atoms with van der Waals surface area (Å²) in [5.41, 5.74) is 7.98. The summed E-state index contributed by atoms with van der Waals surface area (Å²) in [4.78, 5) is 2.56. The number of nitrogens with zero attached hydrogens (tertiary/aromatic N) is 3. The van der Waals surface area contributed by atoms with Gasteiger partial charge in [0.1, 0.15) is 0 Å². The molecule has 1 N–H and O–H groups in total. The van der Waals surface area contributed by atoms with Crippen LogP contribution in [0.15, 0.2) is 29.5 Å². The molecule has 7 heteroatoms. The maximum absolute atomic E-state index is 13.6. The Morgan fingerprint density at radius 2 is 2.25 bits per heavy atom. The number of hydrogen-bond donors (Lipinski definition) is 1. The van der Waals surface area contributed by atoms with Gasteiger partial charge in [0.15, 0.2) is 0 Å². The molecule has 1 rings (SSSR count). The van der Waals surface area contributed by atoms with E-state index in [0.717, 1.165) is 0 Å². The molecule has 1 heterocycles. The third-order valence-electron chi connectivity index (χ3n) is 1.74. The van der Waals surface area contributed by atoms with Gasteiger partial charge >= 0.3 is 5.98 Å². The number of dihydropyridines is 1. The monoisotopic (exact) mass is 228 g/mol. The van der Waals surface area contributed by atoms with E-state index in [4.69, 9.17) is 15.0 Å². The Hall–Kier alpha value is -1.56. The summed E-state index contributed by atoms with van der Waals surface area (Å²) in [7, 11) is 0. The van der Waals surface area contributed by atoms with Gasteiger partial charge in [-0.15, -0.1) is 0 Å². The van der Waals surface area contributed by atoms with E-state index in [1.807, 2.05) is 0 Å². The first-order valence-corrected chi connectivity index (χ1v) is 4.80. The van der Waals surface area contributed by atoms with Crippen LogP contribution in [0.25, 0.3) is 10.4 Å². The van der Waals surface area contributed by atoms with Crippen LogP contribution >= 0.6 is 0 Å². The van der Waals surface area contributed by atoms with E-state index in [0.29, 0.717) is 6.61 Å². The molecular formula is C9H13FN4O2. The van der Waals surface area contributed by atoms with Crippen LogP contribution in [0.2, 0.25) is 0 Å². The van der Waals surface area contributed by atoms with Crippen molar-refractivity contribution >= 4 is 0 Å². The van der Waals surface area contributed by atoms with Gasteiger partial charge in [0.2, 0.25) is 0 Å². The summed E-state index contributed by atoms with van der Waals surface area (Å²) >= 11 is 0. The Bertz CT molecular complexity index is 315. The highest BCUT2D eigenvalue weighted by molar-refractivity contribution is 5.12. The molecule has 0 bridgehead atoms. The standard InChI is InChI=1S/C9H13FN4O2/c10-9(3-1-2-4-12-9)16-8-7-15-6-5-13-14-11/h1-4,12H,5-8H2. The van der Waals surface area contributed by atoms with E-state index in [-0.39, 0.29) is 19.8 Å². The molecule has 88 valence electrons. The molecule has 0 aliphatic carbocycles. The molecule has 1 aliphatic heterocycles. The second-order valence-electron chi connectivity index (χ2n) is 2.92. The minimum Gasteiger partial charge on any atom is -0.379 e. The Balaban J connectivity index is 2.04. The van der Waals surface area contributed by atoms with E-state index in [1.54, 1.807) is 12.2 Å². The van der Waals surface area contributed by atoms with Gasteiger partial charge in [0.25, 0.3) is 0 Å². The van der Waals surface area contributed by atoms with Gasteiger partial charge < -0.3 is 14.8 Å². The van der Waals surface area contributed by atoms with E-state index in [2.05, 4.69) is 15.3 Å². The van der Waals surface area contributed by atoms with Crippen LogP contribution in [0.5, 0.6) is 0 Å². The molecule has 0 saturated heterocycles. The molecule has 1 aliphatic rings. The molecule has 16 heavy (non-hydrogen) atoms. The number of ether oxygens (including phenoxy) is 2. The van der Waals surface area contributed by atoms with E-state index in [1.165, 1.54) is 12.3 Å². The smallest absolute Gasteiger partial charge is 0.308 e. The fourth-order valence-electron chi connectivity index (χ4n) is 1.04. The Morgan fingerprint density at radius 1 is 1.38 bits per heavy atom. The van der Waals surface area contributed by atoms with Crippen molar-refractivity contribution in [3.8, 4) is 0 Å². The van der Waals surface area contributed by atoms with Gasteiger partial charge in [0, 0.05) is 23.7 Å². The van der Waals surface area contributed by atoms with Crippen molar-refractivity contribution in [2.45, 2.75) is 5.98 Å². The highest BCUT2D eigenvalue weighted by Crippen LogP contribution is 2.13. The van der Waals surface area contributed by atoms with Crippen molar-refractivity contribution < 1.29 is 13.9 Å². The first-order valence-electron chi connectivity index (χ1n) is 4.80. The number of alkyl halides is 1. The Kier molecular flexibility index (Phi) is 5.35. The normalized spacial score (nSPS) is 22.6. The van der Waals surface area contributed by atoms with Gasteiger partial charge in [-0.2, -0.15) is 4.39 Å². The number of rotatable bonds is 7. The lowest BCUT2D eigenvalue weighted by Gasteiger charge is -2.23. The van der Waals surface area contributed by atoms with Crippen molar-refractivity contribution in [3.63, 3.8) is 0 Å². The zero-order valence-electron chi connectivity index (χ0n) is 8.67. The van der Waals surface area contributed by atoms with Crippen molar-refractivity contribution in [1.82, 2.24) is 5.32 Å². The van der Waals surface area contributed by atoms with Crippen LogP contribution in [0, 0.1) is 0 Å². The molecule has 0 aromatic carbocycles. The van der Waals surface area contributed by atoms with E-state index >= 15 is 0 Å². The molecule has 0 amide bonds. The fraction of sp³-hybridized carbons (Fsp3) is 0.556. The van der Waals surface area contributed by atoms with Crippen LogP contribution in [0.4, 0.5) is 4.39 Å². The van der Waals surface area contributed by atoms with Crippen molar-refractivity contribution in [2.24, 2.45) is 5.11 Å². The third kappa shape index (κ3) is 4.79. The first-order chi connectivity index (χ1) is 7.77. The fourth-order valence-corrected chi connectivity index (χ4v) is 1.04. The molecule has 0 aromatic rings. The van der Waals surface area contributed by atoms with Gasteiger partial charge in [-0.1, -0.05) is 11.2 Å². The number of nitrogens with one attached hydrogen (secondary N) is 1. The SMILES string of the molecule is [N-]=[N+]=NCCOCCOC1(F)C=CC=CN1. The minimum atomic E-state index is -1.96. The summed E-state index contributed by atoms with van der Waals surface area (Å²) in [5, 5.41) is 5.71. The average Bonchev–Trinajstić information content (AvgIpc) is 2.29. The highest BCUT2D eigenvalue weighted by Gasteiger charge is 2.26. The molecule has 6 nitrogen and oxygen atoms in total. The number of allylic oxidation sites excluding steroid dienone is 2. The summed E-state index contributed by atoms with van der Waals surface area (Å²) in [6, 6.07) is 0. The predicted molar refractivity (Wildman–Crippen MR) is 56.0 cm³/mol. The van der Waals surface area contributed by atoms with Gasteiger partial charge in [-0.3, -0.25) is 0 Å². The zero-order valence-corrected chi connectivity index (χ0v) is 8.67. The molecule has 0 fully saturated rings. The molecular weight excluding hydrogens is 215 g/mol. The maximum atomic E-state index is 13.6. The van der Waals surface area contributed by atoms with E-state index in [9.17, 15) is 4.39 Å². The molecule has 1 atom stereocenters. The zero-order chi connectivity index (χ0) is 11.7. The lowest BCUT2D eigenvalue weighted by Crippen LogP contribution is -2.40. The van der Waals surface area contributed by atoms with E-state index < -0.39 is 5.98 Å². The van der Waals surface area contributed by atoms with Crippen molar-refractivity contribution in [1.29, 1.82) is 0 Å². The molecule has 0 saturated carbocycles. The first kappa shape index (κ1) is 12.5. The van der Waals surface area contributed by atoms with Crippen LogP contribution < -0.4 is 5.32 Å². The van der Waals surface area contributed by atoms with Gasteiger partial charge in [-0.25, -0.2) is 0 Å². The maximum Gasteiger partial charge on any atom is 0.308 e. The third-order valence-corrected chi connectivity index (χ3v) is 1.74. The van der Waals surface area contributed by atoms with Crippen molar-refractivity contribution in [3.05, 3.63) is 34.9 Å². The summed E-state index contributed by atoms with van der Waals surface area (Å²) in [5.74, 6) is -1.96. The Morgan fingerprint density at radius 3 is 2.94 bits per heavy atom. The molecule has 0 spiro atoms. The van der Waals surface area contributed by atoms with Crippen LogP contribution in [0.3, 0.4) is 0 Å². The second kappa shape index (κ2) is 6.84. The molecule has 1 unspecified atom stereocenters. The highest BCUT2D eigenvalue weighted by atomic mass is 19.2. The van der Waals surface area contributed by atoms with Crippen molar-refractivity contribution in [2.75, 3.05) is 26.4 Å². The summed E-state index contributed by atoms with van der Waals surface area (Å²) in [6.07, 6.45) is 5.95. The quantitative estimate of drug-likeness (QED) is 0.236. The minimum absolute atomic E-state index is 0.109. The molecule has 0 radical (unpaired) electrons. The number of azide groups is 1. The van der Waals surface area contributed by atoms with Crippen LogP contribution in [0.1, 0.15) is 0 Å². The van der Waals surface area contributed by atoms with Gasteiger partial charge in [0.05, 0.1) is 19.8 Å². The number of halogens is 1. The predicted octanol–water partition coefficient (Wildman–Crippen LogP) is 1.63. The Labute approximate surface area is 92.3 Å². The summed E-state index contributed by atoms with van der Waals surface area (Å²) in [6.45, 7) is 0.915. The lowest BCUT2D eigenvalue weighted by atomic mass is 10.3. The van der Waals surface area contributed by atoms with Gasteiger partial charge in [-0.05, 0) is 11.6 Å². The largest absolute Gasteiger partial charge is 0.379 e. The molecule has 0 aromatic heterocycles. The van der Waals surface area contributed by atoms with Crippen LogP contribution in [-0.2, 0) is 9.47 Å². The number of hydrogen-bond acceptors (Lipinski definition) is 4. The summed E-state index contributed by atoms with van der Waals surface area (Å²) < 4.78 is 23.6. The second-order valence-corrected chi connectivity index (χ2v) is 2.92. The lowest BCUT2D eigenvalue weighted by molar-refractivity contribution is -0.134.